The third-order valence-corrected chi connectivity index (χ3v) is 5.26. The first-order valence-corrected chi connectivity index (χ1v) is 6.36. The first kappa shape index (κ1) is 9.65. The van der Waals surface area contributed by atoms with Crippen molar-refractivity contribution >= 4 is 23.5 Å². The van der Waals surface area contributed by atoms with Crippen LogP contribution in [0.3, 0.4) is 0 Å². The van der Waals surface area contributed by atoms with Crippen LogP contribution in [0.15, 0.2) is 23.8 Å². The highest BCUT2D eigenvalue weighted by Gasteiger charge is 2.29. The molecule has 1 fully saturated rings. The summed E-state index contributed by atoms with van der Waals surface area (Å²) in [7, 11) is 0. The molecule has 2 aliphatic rings. The SMILES string of the molecule is O[C@@H]1C(C2SCCS2)=CC=C[C@@H]1O. The van der Waals surface area contributed by atoms with Gasteiger partial charge >= 0.3 is 0 Å². The number of hydrogen-bond donors (Lipinski definition) is 2. The smallest absolute Gasteiger partial charge is 0.107 e. The Hall–Kier alpha value is 0.1000. The van der Waals surface area contributed by atoms with Gasteiger partial charge in [0.25, 0.3) is 0 Å². The second-order valence-electron chi connectivity index (χ2n) is 3.06. The molecule has 0 radical (unpaired) electrons. The van der Waals surface area contributed by atoms with Crippen LogP contribution in [0, 0.1) is 0 Å². The summed E-state index contributed by atoms with van der Waals surface area (Å²) in [6, 6.07) is 0. The van der Waals surface area contributed by atoms with Crippen molar-refractivity contribution in [3.8, 4) is 0 Å². The third kappa shape index (κ3) is 1.96. The molecule has 0 aromatic rings. The molecule has 2 nitrogen and oxygen atoms in total. The van der Waals surface area contributed by atoms with Gasteiger partial charge in [-0.1, -0.05) is 18.2 Å². The summed E-state index contributed by atoms with van der Waals surface area (Å²) in [5, 5.41) is 19.1. The Kier molecular flexibility index (Phi) is 3.03. The maximum Gasteiger partial charge on any atom is 0.107 e. The van der Waals surface area contributed by atoms with Gasteiger partial charge in [0.1, 0.15) is 12.2 Å². The lowest BCUT2D eigenvalue weighted by Gasteiger charge is -2.24. The number of allylic oxidation sites excluding steroid dienone is 2. The summed E-state index contributed by atoms with van der Waals surface area (Å²) in [4.78, 5) is 0. The van der Waals surface area contributed by atoms with Crippen LogP contribution in [0.1, 0.15) is 0 Å². The average molecular weight is 216 g/mol. The molecule has 0 saturated carbocycles. The van der Waals surface area contributed by atoms with E-state index in [-0.39, 0.29) is 0 Å². The average Bonchev–Trinajstić information content (AvgIpc) is 2.62. The van der Waals surface area contributed by atoms with Gasteiger partial charge in [0, 0.05) is 11.5 Å². The molecule has 2 atom stereocenters. The second kappa shape index (κ2) is 4.09. The van der Waals surface area contributed by atoms with Crippen LogP contribution in [-0.4, -0.2) is 38.5 Å². The Labute approximate surface area is 86.1 Å². The Balaban J connectivity index is 2.12. The second-order valence-corrected chi connectivity index (χ2v) is 5.78. The van der Waals surface area contributed by atoms with Gasteiger partial charge in [-0.25, -0.2) is 0 Å². The molecule has 0 bridgehead atoms. The summed E-state index contributed by atoms with van der Waals surface area (Å²) in [5.74, 6) is 2.28. The Morgan fingerprint density at radius 1 is 1.23 bits per heavy atom. The predicted molar refractivity (Wildman–Crippen MR) is 57.9 cm³/mol. The van der Waals surface area contributed by atoms with Gasteiger partial charge in [0.2, 0.25) is 0 Å². The minimum atomic E-state index is -0.721. The first-order chi connectivity index (χ1) is 6.29. The van der Waals surface area contributed by atoms with Gasteiger partial charge in [0.15, 0.2) is 0 Å². The largest absolute Gasteiger partial charge is 0.386 e. The van der Waals surface area contributed by atoms with Crippen LogP contribution in [0.2, 0.25) is 0 Å². The summed E-state index contributed by atoms with van der Waals surface area (Å²) < 4.78 is 0.342. The van der Waals surface area contributed by atoms with Crippen molar-refractivity contribution in [1.29, 1.82) is 0 Å². The minimum absolute atomic E-state index is 0.342. The highest BCUT2D eigenvalue weighted by atomic mass is 32.2. The topological polar surface area (TPSA) is 40.5 Å². The Bertz CT molecular complexity index is 244. The van der Waals surface area contributed by atoms with Gasteiger partial charge in [-0.3, -0.25) is 0 Å². The first-order valence-electron chi connectivity index (χ1n) is 4.26. The highest BCUT2D eigenvalue weighted by molar-refractivity contribution is 8.20. The zero-order valence-electron chi connectivity index (χ0n) is 7.09. The fourth-order valence-electron chi connectivity index (χ4n) is 1.45. The van der Waals surface area contributed by atoms with Crippen LogP contribution in [0.5, 0.6) is 0 Å². The molecule has 2 rings (SSSR count). The normalized spacial score (nSPS) is 35.1. The Morgan fingerprint density at radius 2 is 1.92 bits per heavy atom. The van der Waals surface area contributed by atoms with E-state index in [2.05, 4.69) is 0 Å². The standard InChI is InChI=1S/C9H12O2S2/c10-7-3-1-2-6(8(7)11)9-12-4-5-13-9/h1-3,7-11H,4-5H2/t7-,8+/m0/s1. The van der Waals surface area contributed by atoms with E-state index in [1.165, 1.54) is 0 Å². The molecule has 72 valence electrons. The number of hydrogen-bond acceptors (Lipinski definition) is 4. The monoisotopic (exact) mass is 216 g/mol. The highest BCUT2D eigenvalue weighted by Crippen LogP contribution is 2.39. The summed E-state index contributed by atoms with van der Waals surface area (Å²) in [5.41, 5.74) is 0.961. The zero-order valence-corrected chi connectivity index (χ0v) is 8.72. The van der Waals surface area contributed by atoms with E-state index < -0.39 is 12.2 Å². The van der Waals surface area contributed by atoms with Crippen LogP contribution < -0.4 is 0 Å². The van der Waals surface area contributed by atoms with Crippen molar-refractivity contribution < 1.29 is 10.2 Å². The molecule has 0 spiro atoms. The lowest BCUT2D eigenvalue weighted by Crippen LogP contribution is -2.30. The molecule has 0 unspecified atom stereocenters. The molecular formula is C9H12O2S2. The third-order valence-electron chi connectivity index (χ3n) is 2.16. The van der Waals surface area contributed by atoms with E-state index >= 15 is 0 Å². The van der Waals surface area contributed by atoms with Crippen LogP contribution in [0.25, 0.3) is 0 Å². The summed E-state index contributed by atoms with van der Waals surface area (Å²) >= 11 is 3.69. The number of aliphatic hydroxyl groups is 2. The number of aliphatic hydroxyl groups excluding tert-OH is 2. The lowest BCUT2D eigenvalue weighted by atomic mass is 10.0. The molecule has 1 aliphatic carbocycles. The van der Waals surface area contributed by atoms with Gasteiger partial charge in [-0.05, 0) is 5.57 Å². The molecule has 4 heteroatoms. The molecule has 0 aromatic carbocycles. The van der Waals surface area contributed by atoms with Crippen molar-refractivity contribution in [1.82, 2.24) is 0 Å². The van der Waals surface area contributed by atoms with E-state index in [0.717, 1.165) is 17.1 Å². The maximum atomic E-state index is 9.70. The molecule has 2 N–H and O–H groups in total. The maximum absolute atomic E-state index is 9.70. The molecule has 1 heterocycles. The van der Waals surface area contributed by atoms with Crippen molar-refractivity contribution in [2.75, 3.05) is 11.5 Å². The molecular weight excluding hydrogens is 204 g/mol. The molecule has 13 heavy (non-hydrogen) atoms. The zero-order chi connectivity index (χ0) is 9.26. The molecule has 1 aliphatic heterocycles. The molecule has 1 saturated heterocycles. The van der Waals surface area contributed by atoms with E-state index in [9.17, 15) is 10.2 Å². The van der Waals surface area contributed by atoms with Crippen molar-refractivity contribution in [2.24, 2.45) is 0 Å². The van der Waals surface area contributed by atoms with Crippen LogP contribution in [-0.2, 0) is 0 Å². The van der Waals surface area contributed by atoms with Crippen LogP contribution >= 0.6 is 23.5 Å². The van der Waals surface area contributed by atoms with Gasteiger partial charge < -0.3 is 10.2 Å². The van der Waals surface area contributed by atoms with E-state index in [1.807, 2.05) is 35.7 Å². The Morgan fingerprint density at radius 3 is 2.62 bits per heavy atom. The number of rotatable bonds is 1. The number of thioether (sulfide) groups is 2. The van der Waals surface area contributed by atoms with Gasteiger partial charge in [0.05, 0.1) is 4.58 Å². The summed E-state index contributed by atoms with van der Waals surface area (Å²) in [6.07, 6.45) is 3.95. The van der Waals surface area contributed by atoms with Gasteiger partial charge in [-0.15, -0.1) is 23.5 Å². The van der Waals surface area contributed by atoms with Crippen molar-refractivity contribution in [2.45, 2.75) is 16.8 Å². The van der Waals surface area contributed by atoms with Crippen molar-refractivity contribution in [3.63, 3.8) is 0 Å². The predicted octanol–water partition coefficient (Wildman–Crippen LogP) is 1.01. The molecule has 0 amide bonds. The van der Waals surface area contributed by atoms with E-state index in [0.29, 0.717) is 4.58 Å². The fourth-order valence-corrected chi connectivity index (χ4v) is 4.43. The van der Waals surface area contributed by atoms with E-state index in [1.54, 1.807) is 6.08 Å². The van der Waals surface area contributed by atoms with Crippen LogP contribution in [0.4, 0.5) is 0 Å². The van der Waals surface area contributed by atoms with Gasteiger partial charge in [-0.2, -0.15) is 0 Å². The summed E-state index contributed by atoms with van der Waals surface area (Å²) in [6.45, 7) is 0. The van der Waals surface area contributed by atoms with E-state index in [4.69, 9.17) is 0 Å². The van der Waals surface area contributed by atoms with Crippen molar-refractivity contribution in [3.05, 3.63) is 23.8 Å². The quantitative estimate of drug-likeness (QED) is 0.686. The lowest BCUT2D eigenvalue weighted by molar-refractivity contribution is 0.0714. The molecule has 0 aromatic heterocycles. The minimum Gasteiger partial charge on any atom is -0.386 e. The fraction of sp³-hybridized carbons (Fsp3) is 0.556.